The number of fused-ring (bicyclic) bond motifs is 1. The normalized spacial score (nSPS) is 49.1. The number of aliphatic carboxylic acids is 1. The summed E-state index contributed by atoms with van der Waals surface area (Å²) in [6.45, 7) is 3.29. The third-order valence-corrected chi connectivity index (χ3v) is 9.50. The fourth-order valence-corrected chi connectivity index (χ4v) is 6.75. The van der Waals surface area contributed by atoms with Gasteiger partial charge in [0.2, 0.25) is 0 Å². The van der Waals surface area contributed by atoms with E-state index in [0.717, 1.165) is 19.3 Å². The number of aliphatic hydroxyl groups is 5. The van der Waals surface area contributed by atoms with Crippen molar-refractivity contribution in [2.45, 2.75) is 139 Å². The summed E-state index contributed by atoms with van der Waals surface area (Å²) >= 11 is 0. The van der Waals surface area contributed by atoms with Crippen LogP contribution in [0.1, 0.15) is 58.8 Å². The Balaban J connectivity index is 1.36. The zero-order valence-corrected chi connectivity index (χ0v) is 23.0. The Bertz CT molecular complexity index is 869. The molecule has 5 aliphatic rings. The van der Waals surface area contributed by atoms with Crippen LogP contribution in [0.4, 0.5) is 0 Å². The highest BCUT2D eigenvalue weighted by molar-refractivity contribution is 5.74. The lowest BCUT2D eigenvalue weighted by atomic mass is 9.82. The predicted octanol–water partition coefficient (Wildman–Crippen LogP) is -0.720. The molecule has 2 saturated carbocycles. The zero-order valence-electron chi connectivity index (χ0n) is 23.0. The fraction of sp³-hybridized carbons (Fsp3) is 0.963. The molecule has 0 aromatic carbocycles. The smallest absolute Gasteiger partial charge is 0.333 e. The molecular weight excluding hydrogens is 532 g/mol. The molecule has 13 heteroatoms. The summed E-state index contributed by atoms with van der Waals surface area (Å²) in [5, 5.41) is 61.9. The molecule has 3 saturated heterocycles. The molecule has 230 valence electrons. The molecular formula is C27H44O13. The summed E-state index contributed by atoms with van der Waals surface area (Å²) in [7, 11) is 0. The Morgan fingerprint density at radius 2 is 1.65 bits per heavy atom. The zero-order chi connectivity index (χ0) is 28.8. The second-order valence-corrected chi connectivity index (χ2v) is 12.0. The number of rotatable bonds is 7. The maximum atomic E-state index is 12.2. The Morgan fingerprint density at radius 3 is 2.30 bits per heavy atom. The molecule has 5 fully saturated rings. The van der Waals surface area contributed by atoms with Crippen molar-refractivity contribution in [3.8, 4) is 0 Å². The largest absolute Gasteiger partial charge is 0.479 e. The molecule has 0 amide bonds. The molecule has 2 aliphatic carbocycles. The van der Waals surface area contributed by atoms with Crippen molar-refractivity contribution in [2.24, 2.45) is 11.3 Å². The van der Waals surface area contributed by atoms with Crippen LogP contribution < -0.4 is 0 Å². The molecule has 1 spiro atoms. The minimum atomic E-state index is -1.47. The Labute approximate surface area is 233 Å². The molecule has 0 aromatic heterocycles. The summed E-state index contributed by atoms with van der Waals surface area (Å²) in [6, 6.07) is 0. The number of carboxylic acids is 1. The number of hydrogen-bond donors (Lipinski definition) is 6. The monoisotopic (exact) mass is 576 g/mol. The van der Waals surface area contributed by atoms with Crippen molar-refractivity contribution in [1.82, 2.24) is 0 Å². The van der Waals surface area contributed by atoms with Gasteiger partial charge in [0.05, 0.1) is 24.9 Å². The molecule has 6 N–H and O–H groups in total. The number of ether oxygens (including phenoxy) is 6. The molecule has 0 bridgehead atoms. The third-order valence-electron chi connectivity index (χ3n) is 9.50. The molecule has 0 aromatic rings. The Kier molecular flexibility index (Phi) is 9.40. The van der Waals surface area contributed by atoms with Crippen molar-refractivity contribution in [2.75, 3.05) is 13.2 Å². The molecule has 6 unspecified atom stereocenters. The minimum Gasteiger partial charge on any atom is -0.479 e. The first-order valence-electron chi connectivity index (χ1n) is 14.5. The molecule has 3 aliphatic heterocycles. The van der Waals surface area contributed by atoms with Crippen LogP contribution in [0.15, 0.2) is 0 Å². The van der Waals surface area contributed by atoms with Gasteiger partial charge in [-0.2, -0.15) is 0 Å². The molecule has 14 atom stereocenters. The number of aliphatic hydroxyl groups excluding tert-OH is 5. The summed E-state index contributed by atoms with van der Waals surface area (Å²) in [6.07, 6.45) is -9.20. The van der Waals surface area contributed by atoms with E-state index in [9.17, 15) is 35.4 Å². The summed E-state index contributed by atoms with van der Waals surface area (Å²) in [5.41, 5.74) is -0.535. The maximum Gasteiger partial charge on any atom is 0.333 e. The van der Waals surface area contributed by atoms with Gasteiger partial charge >= 0.3 is 5.97 Å². The van der Waals surface area contributed by atoms with Crippen molar-refractivity contribution < 1.29 is 63.9 Å². The van der Waals surface area contributed by atoms with E-state index in [4.69, 9.17) is 28.4 Å². The SMILES string of the molecule is CC[C@@H]1CCC[C@@H](O[C@@H]2OC(CO)[C@H](O)C3O[C@@H](C(=O)O)C4(CCOC32)CC4)C1O[C@@H]1OC(C)[C@@H](O)C(O)[C@@H]1O. The van der Waals surface area contributed by atoms with Gasteiger partial charge in [0, 0.05) is 12.0 Å². The van der Waals surface area contributed by atoms with Gasteiger partial charge in [-0.3, -0.25) is 0 Å². The second-order valence-electron chi connectivity index (χ2n) is 12.0. The van der Waals surface area contributed by atoms with Crippen molar-refractivity contribution in [3.63, 3.8) is 0 Å². The quantitative estimate of drug-likeness (QED) is 0.223. The molecule has 3 heterocycles. The lowest BCUT2D eigenvalue weighted by molar-refractivity contribution is -0.356. The summed E-state index contributed by atoms with van der Waals surface area (Å²) in [4.78, 5) is 12.2. The number of carboxylic acid groups (broad SMARTS) is 1. The van der Waals surface area contributed by atoms with Crippen molar-refractivity contribution in [1.29, 1.82) is 0 Å². The van der Waals surface area contributed by atoms with Gasteiger partial charge in [-0.25, -0.2) is 4.79 Å². The van der Waals surface area contributed by atoms with Crippen LogP contribution in [0.25, 0.3) is 0 Å². The number of hydrogen-bond acceptors (Lipinski definition) is 12. The lowest BCUT2D eigenvalue weighted by Gasteiger charge is -2.49. The first-order chi connectivity index (χ1) is 19.1. The van der Waals surface area contributed by atoms with Gasteiger partial charge in [-0.1, -0.05) is 19.8 Å². The van der Waals surface area contributed by atoms with Crippen LogP contribution in [0.3, 0.4) is 0 Å². The average molecular weight is 577 g/mol. The first kappa shape index (κ1) is 30.5. The first-order valence-corrected chi connectivity index (χ1v) is 14.5. The van der Waals surface area contributed by atoms with E-state index in [2.05, 4.69) is 0 Å². The van der Waals surface area contributed by atoms with Gasteiger partial charge in [-0.15, -0.1) is 0 Å². The van der Waals surface area contributed by atoms with E-state index in [1.165, 1.54) is 0 Å². The van der Waals surface area contributed by atoms with Gasteiger partial charge in [-0.05, 0) is 44.9 Å². The molecule has 40 heavy (non-hydrogen) atoms. The average Bonchev–Trinajstić information content (AvgIpc) is 3.71. The highest BCUT2D eigenvalue weighted by Crippen LogP contribution is 2.54. The van der Waals surface area contributed by atoms with Crippen molar-refractivity contribution in [3.05, 3.63) is 0 Å². The van der Waals surface area contributed by atoms with E-state index in [1.807, 2.05) is 6.92 Å². The second kappa shape index (κ2) is 12.3. The van der Waals surface area contributed by atoms with Gasteiger partial charge in [0.15, 0.2) is 18.7 Å². The summed E-state index contributed by atoms with van der Waals surface area (Å²) < 4.78 is 36.6. The van der Waals surface area contributed by atoms with Gasteiger partial charge in [0.25, 0.3) is 0 Å². The fourth-order valence-electron chi connectivity index (χ4n) is 6.75. The Morgan fingerprint density at radius 1 is 0.900 bits per heavy atom. The van der Waals surface area contributed by atoms with Crippen LogP contribution in [-0.2, 0) is 33.2 Å². The van der Waals surface area contributed by atoms with E-state index < -0.39 is 97.7 Å². The van der Waals surface area contributed by atoms with Crippen LogP contribution >= 0.6 is 0 Å². The van der Waals surface area contributed by atoms with E-state index >= 15 is 0 Å². The van der Waals surface area contributed by atoms with Crippen molar-refractivity contribution >= 4 is 5.97 Å². The van der Waals surface area contributed by atoms with Gasteiger partial charge in [0.1, 0.15) is 42.7 Å². The molecule has 13 nitrogen and oxygen atoms in total. The Hall–Kier alpha value is -0.970. The lowest BCUT2D eigenvalue weighted by Crippen LogP contribution is -2.64. The number of carbonyl (C=O) groups is 1. The molecule has 5 rings (SSSR count). The maximum absolute atomic E-state index is 12.2. The van der Waals surface area contributed by atoms with Crippen LogP contribution in [-0.4, -0.2) is 130 Å². The van der Waals surface area contributed by atoms with Crippen LogP contribution in [0.2, 0.25) is 0 Å². The summed E-state index contributed by atoms with van der Waals surface area (Å²) in [5.74, 6) is -1.08. The highest BCUT2D eigenvalue weighted by Gasteiger charge is 2.59. The highest BCUT2D eigenvalue weighted by atomic mass is 16.7. The van der Waals surface area contributed by atoms with E-state index in [1.54, 1.807) is 6.92 Å². The standard InChI is InChI=1S/C27H44O13/c1-3-13-5-4-6-14(20(13)40-25-19(32)18(31)16(29)12(2)36-25)37-26-22-21(17(30)15(11-28)38-26)39-23(24(33)34)27(7-8-27)9-10-35-22/h12-23,25-26,28-32H,3-11H2,1-2H3,(H,33,34)/t12?,13-,14-,15?,16-,17+,18?,19+,20?,21?,22?,23+,25+,26-/m1/s1. The van der Waals surface area contributed by atoms with E-state index in [0.29, 0.717) is 25.7 Å². The van der Waals surface area contributed by atoms with E-state index in [-0.39, 0.29) is 12.5 Å². The molecule has 0 radical (unpaired) electrons. The van der Waals surface area contributed by atoms with Crippen LogP contribution in [0, 0.1) is 11.3 Å². The minimum absolute atomic E-state index is 0.0214. The van der Waals surface area contributed by atoms with Crippen LogP contribution in [0.5, 0.6) is 0 Å². The third kappa shape index (κ3) is 5.80. The predicted molar refractivity (Wildman–Crippen MR) is 134 cm³/mol. The topological polar surface area (TPSA) is 194 Å². The van der Waals surface area contributed by atoms with Gasteiger partial charge < -0.3 is 59.1 Å².